The van der Waals surface area contributed by atoms with E-state index in [0.717, 1.165) is 5.56 Å². The highest BCUT2D eigenvalue weighted by molar-refractivity contribution is 5.86. The van der Waals surface area contributed by atoms with Crippen molar-refractivity contribution in [2.45, 2.75) is 19.5 Å². The van der Waals surface area contributed by atoms with Gasteiger partial charge in [-0.2, -0.15) is 13.2 Å². The van der Waals surface area contributed by atoms with E-state index in [1.54, 1.807) is 12.1 Å². The number of halogens is 3. The van der Waals surface area contributed by atoms with E-state index in [2.05, 4.69) is 0 Å². The van der Waals surface area contributed by atoms with Crippen LogP contribution in [0.1, 0.15) is 16.8 Å². The number of rotatable bonds is 2. The average molecular weight is 256 g/mol. The van der Waals surface area contributed by atoms with Crippen LogP contribution in [0.5, 0.6) is 0 Å². The minimum absolute atomic E-state index is 0.204. The molecule has 0 fully saturated rings. The Hall–Kier alpha value is -1.49. The lowest BCUT2D eigenvalue weighted by Crippen LogP contribution is -2.15. The minimum atomic E-state index is -4.35. The summed E-state index contributed by atoms with van der Waals surface area (Å²) in [5.41, 5.74) is 6.68. The predicted octanol–water partition coefficient (Wildman–Crippen LogP) is 3.01. The topological polar surface area (TPSA) is 30.9 Å². The van der Waals surface area contributed by atoms with Crippen LogP contribution in [0.25, 0.3) is 10.9 Å². The highest BCUT2D eigenvalue weighted by Crippen LogP contribution is 2.37. The molecule has 1 aromatic carbocycles. The van der Waals surface area contributed by atoms with Gasteiger partial charge in [0.15, 0.2) is 0 Å². The number of hydrogen-bond donors (Lipinski definition) is 1. The van der Waals surface area contributed by atoms with Crippen LogP contribution in [0.4, 0.5) is 13.2 Å². The van der Waals surface area contributed by atoms with E-state index in [0.29, 0.717) is 16.5 Å². The van der Waals surface area contributed by atoms with E-state index in [-0.39, 0.29) is 13.0 Å². The first-order chi connectivity index (χ1) is 8.36. The molecule has 0 spiro atoms. The fraction of sp³-hybridized carbons (Fsp3) is 0.385. The summed E-state index contributed by atoms with van der Waals surface area (Å²) < 4.78 is 40.5. The molecule has 1 aromatic heterocycles. The molecule has 0 atom stereocenters. The van der Waals surface area contributed by atoms with Crippen molar-refractivity contribution in [2.24, 2.45) is 12.8 Å². The Bertz CT molecular complexity index is 582. The van der Waals surface area contributed by atoms with Crippen molar-refractivity contribution in [3.8, 4) is 0 Å². The molecular formula is C13H15F3N2. The summed E-state index contributed by atoms with van der Waals surface area (Å²) in [6.45, 7) is 2.07. The number of nitrogens with two attached hydrogens (primary N) is 1. The van der Waals surface area contributed by atoms with E-state index in [9.17, 15) is 13.2 Å². The molecule has 98 valence electrons. The lowest BCUT2D eigenvalue weighted by molar-refractivity contribution is -0.143. The molecule has 2 N–H and O–H groups in total. The van der Waals surface area contributed by atoms with E-state index in [4.69, 9.17) is 5.73 Å². The van der Waals surface area contributed by atoms with Gasteiger partial charge in [0.05, 0.1) is 0 Å². The maximum absolute atomic E-state index is 13.1. The molecule has 0 saturated heterocycles. The molecule has 0 radical (unpaired) electrons. The van der Waals surface area contributed by atoms with Crippen molar-refractivity contribution in [3.05, 3.63) is 35.0 Å². The number of fused-ring (bicyclic) bond motifs is 1. The average Bonchev–Trinajstić information content (AvgIpc) is 2.52. The Kier molecular flexibility index (Phi) is 3.11. The van der Waals surface area contributed by atoms with Crippen LogP contribution in [0.15, 0.2) is 18.2 Å². The third-order valence-electron chi connectivity index (χ3n) is 3.12. The Morgan fingerprint density at radius 3 is 2.50 bits per heavy atom. The number of hydrogen-bond acceptors (Lipinski definition) is 1. The first-order valence-electron chi connectivity index (χ1n) is 5.71. The van der Waals surface area contributed by atoms with Crippen molar-refractivity contribution >= 4 is 10.9 Å². The summed E-state index contributed by atoms with van der Waals surface area (Å²) in [5.74, 6) is 0. The van der Waals surface area contributed by atoms with E-state index in [1.807, 2.05) is 13.0 Å². The Balaban J connectivity index is 2.83. The number of alkyl halides is 3. The van der Waals surface area contributed by atoms with Gasteiger partial charge in [0.2, 0.25) is 0 Å². The zero-order valence-electron chi connectivity index (χ0n) is 10.3. The second-order valence-corrected chi connectivity index (χ2v) is 4.44. The summed E-state index contributed by atoms with van der Waals surface area (Å²) in [7, 11) is 1.44. The number of benzene rings is 1. The highest BCUT2D eigenvalue weighted by Gasteiger charge is 2.37. The van der Waals surface area contributed by atoms with Gasteiger partial charge in [-0.15, -0.1) is 0 Å². The normalized spacial score (nSPS) is 12.3. The summed E-state index contributed by atoms with van der Waals surface area (Å²) >= 11 is 0. The smallest absolute Gasteiger partial charge is 0.340 e. The molecule has 0 saturated carbocycles. The minimum Gasteiger partial charge on any atom is -0.340 e. The summed E-state index contributed by atoms with van der Waals surface area (Å²) in [4.78, 5) is 0. The molecule has 0 bridgehead atoms. The number of aromatic nitrogens is 1. The van der Waals surface area contributed by atoms with Gasteiger partial charge in [0.25, 0.3) is 0 Å². The Morgan fingerprint density at radius 1 is 1.28 bits per heavy atom. The van der Waals surface area contributed by atoms with Crippen LogP contribution in [0.3, 0.4) is 0 Å². The molecule has 18 heavy (non-hydrogen) atoms. The van der Waals surface area contributed by atoms with Gasteiger partial charge >= 0.3 is 6.18 Å². The monoisotopic (exact) mass is 256 g/mol. The molecule has 2 rings (SSSR count). The standard InChI is InChI=1S/C13H15F3N2/c1-8-3-4-11-10(7-8)9(5-6-17)12(18(11)2)13(14,15)16/h3-4,7H,5-6,17H2,1-2H3. The Labute approximate surface area is 103 Å². The molecule has 1 heterocycles. The highest BCUT2D eigenvalue weighted by atomic mass is 19.4. The molecule has 0 aliphatic carbocycles. The van der Waals surface area contributed by atoms with E-state index >= 15 is 0 Å². The van der Waals surface area contributed by atoms with Crippen LogP contribution >= 0.6 is 0 Å². The van der Waals surface area contributed by atoms with Crippen LogP contribution < -0.4 is 5.73 Å². The number of aryl methyl sites for hydroxylation is 2. The lowest BCUT2D eigenvalue weighted by Gasteiger charge is -2.10. The third-order valence-corrected chi connectivity index (χ3v) is 3.12. The van der Waals surface area contributed by atoms with Crippen molar-refractivity contribution in [3.63, 3.8) is 0 Å². The summed E-state index contributed by atoms with van der Waals surface area (Å²) in [6.07, 6.45) is -4.12. The lowest BCUT2D eigenvalue weighted by atomic mass is 10.1. The molecule has 2 nitrogen and oxygen atoms in total. The first kappa shape index (κ1) is 13.0. The van der Waals surface area contributed by atoms with Gasteiger partial charge in [0.1, 0.15) is 5.69 Å². The van der Waals surface area contributed by atoms with Gasteiger partial charge in [-0.25, -0.2) is 0 Å². The van der Waals surface area contributed by atoms with Gasteiger partial charge < -0.3 is 10.3 Å². The second-order valence-electron chi connectivity index (χ2n) is 4.44. The van der Waals surface area contributed by atoms with Crippen LogP contribution in [0, 0.1) is 6.92 Å². The summed E-state index contributed by atoms with van der Waals surface area (Å²) in [5, 5.41) is 0.648. The van der Waals surface area contributed by atoms with Gasteiger partial charge in [-0.3, -0.25) is 0 Å². The molecular weight excluding hydrogens is 241 g/mol. The van der Waals surface area contributed by atoms with Crippen LogP contribution in [-0.4, -0.2) is 11.1 Å². The van der Waals surface area contributed by atoms with Crippen LogP contribution in [0.2, 0.25) is 0 Å². The van der Waals surface area contributed by atoms with Crippen molar-refractivity contribution in [2.75, 3.05) is 6.54 Å². The van der Waals surface area contributed by atoms with Crippen molar-refractivity contribution in [1.82, 2.24) is 4.57 Å². The fourth-order valence-electron chi connectivity index (χ4n) is 2.39. The predicted molar refractivity (Wildman–Crippen MR) is 65.4 cm³/mol. The SMILES string of the molecule is Cc1ccc2c(c1)c(CCN)c(C(F)(F)F)n2C. The van der Waals surface area contributed by atoms with Crippen molar-refractivity contribution < 1.29 is 13.2 Å². The van der Waals surface area contributed by atoms with E-state index in [1.165, 1.54) is 11.6 Å². The van der Waals surface area contributed by atoms with Gasteiger partial charge in [0, 0.05) is 18.0 Å². The molecule has 5 heteroatoms. The molecule has 0 aliphatic rings. The Morgan fingerprint density at radius 2 is 1.94 bits per heavy atom. The quantitative estimate of drug-likeness (QED) is 0.879. The zero-order chi connectivity index (χ0) is 13.5. The second kappa shape index (κ2) is 4.31. The van der Waals surface area contributed by atoms with Gasteiger partial charge in [-0.05, 0) is 37.6 Å². The molecule has 0 amide bonds. The molecule has 0 unspecified atom stereocenters. The van der Waals surface area contributed by atoms with E-state index < -0.39 is 11.9 Å². The summed E-state index contributed by atoms with van der Waals surface area (Å²) in [6, 6.07) is 5.32. The maximum atomic E-state index is 13.1. The van der Waals surface area contributed by atoms with Crippen LogP contribution in [-0.2, 0) is 19.6 Å². The van der Waals surface area contributed by atoms with Gasteiger partial charge in [-0.1, -0.05) is 11.6 Å². The van der Waals surface area contributed by atoms with Crippen molar-refractivity contribution in [1.29, 1.82) is 0 Å². The fourth-order valence-corrected chi connectivity index (χ4v) is 2.39. The number of nitrogens with zero attached hydrogens (tertiary/aromatic N) is 1. The largest absolute Gasteiger partial charge is 0.431 e. The molecule has 0 aliphatic heterocycles. The third kappa shape index (κ3) is 1.99. The maximum Gasteiger partial charge on any atom is 0.431 e. The first-order valence-corrected chi connectivity index (χ1v) is 5.71. The molecule has 2 aromatic rings. The zero-order valence-corrected chi connectivity index (χ0v) is 10.3.